The van der Waals surface area contributed by atoms with Crippen molar-refractivity contribution in [3.63, 3.8) is 0 Å². The molecule has 0 bridgehead atoms. The van der Waals surface area contributed by atoms with Gasteiger partial charge in [-0.2, -0.15) is 0 Å². The first kappa shape index (κ1) is 12.1. The quantitative estimate of drug-likeness (QED) is 0.847. The van der Waals surface area contributed by atoms with E-state index in [1.807, 2.05) is 24.3 Å². The maximum atomic E-state index is 6.02. The molecule has 1 N–H and O–H groups in total. The van der Waals surface area contributed by atoms with Crippen LogP contribution in [-0.4, -0.2) is 28.3 Å². The van der Waals surface area contributed by atoms with E-state index in [9.17, 15) is 0 Å². The molecule has 0 spiro atoms. The zero-order chi connectivity index (χ0) is 12.3. The summed E-state index contributed by atoms with van der Waals surface area (Å²) in [5.41, 5.74) is 3.25. The molecule has 1 heterocycles. The molecule has 4 nitrogen and oxygen atoms in total. The molecule has 0 radical (unpaired) electrons. The fourth-order valence-electron chi connectivity index (χ4n) is 1.69. The molecule has 0 unspecified atom stereocenters. The lowest BCUT2D eigenvalue weighted by molar-refractivity contribution is 0.365. The highest BCUT2D eigenvalue weighted by atomic mass is 35.5. The van der Waals surface area contributed by atoms with Crippen LogP contribution in [0.25, 0.3) is 10.8 Å². The van der Waals surface area contributed by atoms with Crippen molar-refractivity contribution >= 4 is 28.2 Å². The van der Waals surface area contributed by atoms with Crippen molar-refractivity contribution < 1.29 is 0 Å². The van der Waals surface area contributed by atoms with Gasteiger partial charge in [-0.1, -0.05) is 49.7 Å². The maximum absolute atomic E-state index is 6.02. The van der Waals surface area contributed by atoms with E-state index in [2.05, 4.69) is 34.5 Å². The minimum absolute atomic E-state index is 0.436. The van der Waals surface area contributed by atoms with Crippen molar-refractivity contribution in [3.05, 3.63) is 29.4 Å². The Morgan fingerprint density at radius 3 is 2.41 bits per heavy atom. The second kappa shape index (κ2) is 5.29. The molecule has 1 aromatic heterocycles. The van der Waals surface area contributed by atoms with Crippen LogP contribution in [-0.2, 0) is 0 Å². The first-order valence-electron chi connectivity index (χ1n) is 5.68. The van der Waals surface area contributed by atoms with Gasteiger partial charge in [0, 0.05) is 23.9 Å². The molecule has 1 aromatic carbocycles. The SMILES string of the molecule is CCN(CC)Nc1nnc(Cl)c2ccccc12. The van der Waals surface area contributed by atoms with Gasteiger partial charge in [-0.25, -0.2) is 5.01 Å². The van der Waals surface area contributed by atoms with Gasteiger partial charge in [-0.05, 0) is 0 Å². The van der Waals surface area contributed by atoms with Gasteiger partial charge in [0.05, 0.1) is 0 Å². The minimum Gasteiger partial charge on any atom is -0.301 e. The third kappa shape index (κ3) is 2.48. The Hall–Kier alpha value is -1.39. The molecule has 90 valence electrons. The lowest BCUT2D eigenvalue weighted by Gasteiger charge is -2.20. The molecule has 0 aliphatic heterocycles. The number of rotatable bonds is 4. The molecule has 0 fully saturated rings. The normalized spacial score (nSPS) is 11.1. The van der Waals surface area contributed by atoms with E-state index >= 15 is 0 Å². The number of nitrogens with one attached hydrogen (secondary N) is 1. The summed E-state index contributed by atoms with van der Waals surface area (Å²) >= 11 is 6.02. The second-order valence-corrected chi connectivity index (χ2v) is 4.03. The molecule has 0 saturated carbocycles. The molecular weight excluding hydrogens is 236 g/mol. The van der Waals surface area contributed by atoms with E-state index in [1.54, 1.807) is 0 Å². The lowest BCUT2D eigenvalue weighted by Crippen LogP contribution is -2.30. The zero-order valence-electron chi connectivity index (χ0n) is 9.94. The summed E-state index contributed by atoms with van der Waals surface area (Å²) in [7, 11) is 0. The highest BCUT2D eigenvalue weighted by molar-refractivity contribution is 6.34. The lowest BCUT2D eigenvalue weighted by atomic mass is 10.2. The molecule has 17 heavy (non-hydrogen) atoms. The predicted octanol–water partition coefficient (Wildman–Crippen LogP) is 2.95. The fraction of sp³-hybridized carbons (Fsp3) is 0.333. The van der Waals surface area contributed by atoms with Gasteiger partial charge in [0.15, 0.2) is 11.0 Å². The Morgan fingerprint density at radius 1 is 1.12 bits per heavy atom. The van der Waals surface area contributed by atoms with Crippen molar-refractivity contribution in [3.8, 4) is 0 Å². The zero-order valence-corrected chi connectivity index (χ0v) is 10.7. The van der Waals surface area contributed by atoms with Gasteiger partial charge in [0.2, 0.25) is 0 Å². The highest BCUT2D eigenvalue weighted by Crippen LogP contribution is 2.25. The summed E-state index contributed by atoms with van der Waals surface area (Å²) in [4.78, 5) is 0. The van der Waals surface area contributed by atoms with Crippen LogP contribution in [0.2, 0.25) is 5.15 Å². The molecule has 2 aromatic rings. The topological polar surface area (TPSA) is 41.0 Å². The first-order chi connectivity index (χ1) is 8.26. The highest BCUT2D eigenvalue weighted by Gasteiger charge is 2.08. The third-order valence-corrected chi connectivity index (χ3v) is 2.95. The predicted molar refractivity (Wildman–Crippen MR) is 71.1 cm³/mol. The van der Waals surface area contributed by atoms with Gasteiger partial charge in [-0.15, -0.1) is 10.2 Å². The summed E-state index contributed by atoms with van der Waals surface area (Å²) in [6.45, 7) is 5.97. The number of halogens is 1. The molecule has 0 atom stereocenters. The Kier molecular flexibility index (Phi) is 3.76. The summed E-state index contributed by atoms with van der Waals surface area (Å²) in [5.74, 6) is 0.744. The van der Waals surface area contributed by atoms with Crippen LogP contribution in [0.4, 0.5) is 5.82 Å². The molecular formula is C12H15ClN4. The maximum Gasteiger partial charge on any atom is 0.171 e. The van der Waals surface area contributed by atoms with E-state index < -0.39 is 0 Å². The Labute approximate surface area is 106 Å². The Balaban J connectivity index is 2.44. The molecule has 0 amide bonds. The number of fused-ring (bicyclic) bond motifs is 1. The van der Waals surface area contributed by atoms with Crippen LogP contribution in [0.1, 0.15) is 13.8 Å². The average molecular weight is 251 g/mol. The summed E-state index contributed by atoms with van der Waals surface area (Å²) in [5, 5.41) is 12.5. The fourth-order valence-corrected chi connectivity index (χ4v) is 1.89. The number of anilines is 1. The van der Waals surface area contributed by atoms with Gasteiger partial charge in [0.25, 0.3) is 0 Å². The van der Waals surface area contributed by atoms with Crippen LogP contribution in [0, 0.1) is 0 Å². The number of hydrogen-bond acceptors (Lipinski definition) is 4. The number of hydrazine groups is 1. The van der Waals surface area contributed by atoms with Crippen LogP contribution in [0.5, 0.6) is 0 Å². The number of hydrogen-bond donors (Lipinski definition) is 1. The van der Waals surface area contributed by atoms with Crippen LogP contribution < -0.4 is 5.43 Å². The van der Waals surface area contributed by atoms with E-state index in [0.717, 1.165) is 29.7 Å². The van der Waals surface area contributed by atoms with E-state index in [-0.39, 0.29) is 0 Å². The number of nitrogens with zero attached hydrogens (tertiary/aromatic N) is 3. The summed E-state index contributed by atoms with van der Waals surface area (Å²) in [6, 6.07) is 7.84. The molecule has 0 aliphatic carbocycles. The Morgan fingerprint density at radius 2 is 1.76 bits per heavy atom. The molecule has 0 aliphatic rings. The largest absolute Gasteiger partial charge is 0.301 e. The van der Waals surface area contributed by atoms with Gasteiger partial charge < -0.3 is 5.43 Å². The third-order valence-electron chi connectivity index (χ3n) is 2.67. The van der Waals surface area contributed by atoms with Crippen LogP contribution in [0.15, 0.2) is 24.3 Å². The monoisotopic (exact) mass is 250 g/mol. The first-order valence-corrected chi connectivity index (χ1v) is 6.06. The number of benzene rings is 1. The molecule has 5 heteroatoms. The average Bonchev–Trinajstić information content (AvgIpc) is 2.38. The van der Waals surface area contributed by atoms with Crippen molar-refractivity contribution in [1.82, 2.24) is 15.2 Å². The van der Waals surface area contributed by atoms with Crippen molar-refractivity contribution in [1.29, 1.82) is 0 Å². The smallest absolute Gasteiger partial charge is 0.171 e. The minimum atomic E-state index is 0.436. The summed E-state index contributed by atoms with van der Waals surface area (Å²) < 4.78 is 0. The second-order valence-electron chi connectivity index (χ2n) is 3.67. The van der Waals surface area contributed by atoms with E-state index in [4.69, 9.17) is 11.6 Å². The van der Waals surface area contributed by atoms with Crippen molar-refractivity contribution in [2.45, 2.75) is 13.8 Å². The number of aromatic nitrogens is 2. The Bertz CT molecular complexity index is 511. The van der Waals surface area contributed by atoms with E-state index in [1.165, 1.54) is 0 Å². The van der Waals surface area contributed by atoms with Crippen LogP contribution >= 0.6 is 11.6 Å². The standard InChI is InChI=1S/C12H15ClN4/c1-3-17(4-2)16-12-10-8-6-5-7-9(10)11(13)14-15-12/h5-8H,3-4H2,1-2H3,(H,15,16). The van der Waals surface area contributed by atoms with Crippen molar-refractivity contribution in [2.75, 3.05) is 18.5 Å². The van der Waals surface area contributed by atoms with Gasteiger partial charge in [0.1, 0.15) is 0 Å². The van der Waals surface area contributed by atoms with Crippen molar-refractivity contribution in [2.24, 2.45) is 0 Å². The van der Waals surface area contributed by atoms with Gasteiger partial charge in [-0.3, -0.25) is 0 Å². The molecule has 2 rings (SSSR count). The van der Waals surface area contributed by atoms with E-state index in [0.29, 0.717) is 5.15 Å². The van der Waals surface area contributed by atoms with Crippen LogP contribution in [0.3, 0.4) is 0 Å². The van der Waals surface area contributed by atoms with Gasteiger partial charge >= 0.3 is 0 Å². The molecule has 0 saturated heterocycles. The summed E-state index contributed by atoms with van der Waals surface area (Å²) in [6.07, 6.45) is 0.